The van der Waals surface area contributed by atoms with Gasteiger partial charge in [0.05, 0.1) is 0 Å². The normalized spacial score (nSPS) is 12.4. The van der Waals surface area contributed by atoms with Gasteiger partial charge >= 0.3 is 5.97 Å². The first-order valence-electron chi connectivity index (χ1n) is 6.69. The number of hydrogen-bond acceptors (Lipinski definition) is 4. The minimum atomic E-state index is -0.574. The Morgan fingerprint density at radius 3 is 2.05 bits per heavy atom. The average molecular weight is 292 g/mol. The van der Waals surface area contributed by atoms with Crippen LogP contribution in [0.2, 0.25) is 0 Å². The molecule has 22 heavy (non-hydrogen) atoms. The van der Waals surface area contributed by atoms with E-state index in [-0.39, 0.29) is 28.5 Å². The first-order chi connectivity index (χ1) is 10.5. The number of carbonyl (C=O) groups is 3. The Balaban J connectivity index is 2.06. The molecule has 2 aromatic rings. The van der Waals surface area contributed by atoms with Crippen LogP contribution >= 0.6 is 0 Å². The van der Waals surface area contributed by atoms with Crippen molar-refractivity contribution in [3.8, 4) is 5.75 Å². The van der Waals surface area contributed by atoms with Crippen molar-refractivity contribution < 1.29 is 19.1 Å². The van der Waals surface area contributed by atoms with E-state index in [4.69, 9.17) is 4.74 Å². The van der Waals surface area contributed by atoms with Crippen LogP contribution in [-0.4, -0.2) is 17.5 Å². The summed E-state index contributed by atoms with van der Waals surface area (Å²) in [7, 11) is 0. The molecule has 0 amide bonds. The Morgan fingerprint density at radius 1 is 0.909 bits per heavy atom. The second kappa shape index (κ2) is 5.07. The molecule has 0 heterocycles. The van der Waals surface area contributed by atoms with E-state index < -0.39 is 5.97 Å². The van der Waals surface area contributed by atoms with Crippen LogP contribution in [0, 0.1) is 0 Å². The number of carbonyl (C=O) groups excluding carboxylic acids is 3. The second-order valence-electron chi connectivity index (χ2n) is 5.08. The van der Waals surface area contributed by atoms with Gasteiger partial charge in [0.2, 0.25) is 0 Å². The molecule has 4 nitrogen and oxygen atoms in total. The van der Waals surface area contributed by atoms with Gasteiger partial charge in [-0.1, -0.05) is 30.8 Å². The number of hydrogen-bond donors (Lipinski definition) is 0. The molecule has 0 atom stereocenters. The van der Waals surface area contributed by atoms with Crippen molar-refractivity contribution in [2.75, 3.05) is 0 Å². The summed E-state index contributed by atoms with van der Waals surface area (Å²) in [5.74, 6) is -0.816. The molecule has 3 rings (SSSR count). The van der Waals surface area contributed by atoms with E-state index >= 15 is 0 Å². The summed E-state index contributed by atoms with van der Waals surface area (Å²) in [5, 5.41) is 0. The summed E-state index contributed by atoms with van der Waals surface area (Å²) in [6.45, 7) is 5.03. The quantitative estimate of drug-likeness (QED) is 0.414. The van der Waals surface area contributed by atoms with E-state index in [1.54, 1.807) is 24.3 Å². The molecule has 0 fully saturated rings. The number of esters is 1. The lowest BCUT2D eigenvalue weighted by Gasteiger charge is -2.17. The zero-order chi connectivity index (χ0) is 15.9. The van der Waals surface area contributed by atoms with Crippen molar-refractivity contribution in [3.63, 3.8) is 0 Å². The SMILES string of the molecule is C=C(C)C(=O)Oc1ccc2c(c1)C(=O)c1ccccc1C2=O. The lowest BCUT2D eigenvalue weighted by Crippen LogP contribution is -2.21. The number of ketones is 2. The number of ether oxygens (including phenoxy) is 1. The number of fused-ring (bicyclic) bond motifs is 2. The molecule has 0 saturated carbocycles. The van der Waals surface area contributed by atoms with E-state index in [0.29, 0.717) is 16.7 Å². The van der Waals surface area contributed by atoms with Crippen molar-refractivity contribution in [2.45, 2.75) is 6.92 Å². The molecular weight excluding hydrogens is 280 g/mol. The molecule has 0 radical (unpaired) electrons. The molecule has 0 unspecified atom stereocenters. The molecule has 0 aromatic heterocycles. The van der Waals surface area contributed by atoms with Crippen LogP contribution < -0.4 is 4.74 Å². The van der Waals surface area contributed by atoms with Gasteiger partial charge in [-0.05, 0) is 25.1 Å². The highest BCUT2D eigenvalue weighted by Gasteiger charge is 2.29. The van der Waals surface area contributed by atoms with Crippen LogP contribution in [0.3, 0.4) is 0 Å². The average Bonchev–Trinajstić information content (AvgIpc) is 2.52. The first-order valence-corrected chi connectivity index (χ1v) is 6.69. The summed E-state index contributed by atoms with van der Waals surface area (Å²) in [6.07, 6.45) is 0. The van der Waals surface area contributed by atoms with Crippen LogP contribution in [0.25, 0.3) is 0 Å². The van der Waals surface area contributed by atoms with E-state index in [2.05, 4.69) is 6.58 Å². The summed E-state index contributed by atoms with van der Waals surface area (Å²) < 4.78 is 5.11. The monoisotopic (exact) mass is 292 g/mol. The molecule has 108 valence electrons. The fourth-order valence-electron chi connectivity index (χ4n) is 2.34. The van der Waals surface area contributed by atoms with Crippen molar-refractivity contribution >= 4 is 17.5 Å². The Hall–Kier alpha value is -3.01. The largest absolute Gasteiger partial charge is 0.423 e. The molecular formula is C18H12O4. The zero-order valence-corrected chi connectivity index (χ0v) is 11.9. The zero-order valence-electron chi connectivity index (χ0n) is 11.9. The first kappa shape index (κ1) is 13.9. The predicted molar refractivity (Wildman–Crippen MR) is 80.2 cm³/mol. The van der Waals surface area contributed by atoms with Crippen molar-refractivity contribution in [2.24, 2.45) is 0 Å². The van der Waals surface area contributed by atoms with Gasteiger partial charge in [-0.15, -0.1) is 0 Å². The molecule has 2 aromatic carbocycles. The molecule has 0 bridgehead atoms. The smallest absolute Gasteiger partial charge is 0.338 e. The van der Waals surface area contributed by atoms with Crippen LogP contribution in [0.4, 0.5) is 0 Å². The fourth-order valence-corrected chi connectivity index (χ4v) is 2.34. The Morgan fingerprint density at radius 2 is 1.45 bits per heavy atom. The maximum Gasteiger partial charge on any atom is 0.338 e. The highest BCUT2D eigenvalue weighted by atomic mass is 16.5. The number of rotatable bonds is 2. The van der Waals surface area contributed by atoms with Crippen molar-refractivity contribution in [1.29, 1.82) is 0 Å². The minimum Gasteiger partial charge on any atom is -0.423 e. The highest BCUT2D eigenvalue weighted by Crippen LogP contribution is 2.29. The van der Waals surface area contributed by atoms with E-state index in [1.807, 2.05) is 0 Å². The Kier molecular flexibility index (Phi) is 3.22. The van der Waals surface area contributed by atoms with Crippen LogP contribution in [-0.2, 0) is 4.79 Å². The molecule has 4 heteroatoms. The van der Waals surface area contributed by atoms with Crippen molar-refractivity contribution in [1.82, 2.24) is 0 Å². The molecule has 1 aliphatic carbocycles. The van der Waals surface area contributed by atoms with Crippen LogP contribution in [0.5, 0.6) is 5.75 Å². The van der Waals surface area contributed by atoms with Gasteiger partial charge in [-0.2, -0.15) is 0 Å². The van der Waals surface area contributed by atoms with Crippen LogP contribution in [0.1, 0.15) is 38.8 Å². The summed E-state index contributed by atoms with van der Waals surface area (Å²) in [5.41, 5.74) is 1.58. The van der Waals surface area contributed by atoms with Gasteiger partial charge < -0.3 is 4.74 Å². The summed E-state index contributed by atoms with van der Waals surface area (Å²) >= 11 is 0. The second-order valence-corrected chi connectivity index (χ2v) is 5.08. The Bertz CT molecular complexity index is 846. The van der Waals surface area contributed by atoms with Gasteiger partial charge in [0.1, 0.15) is 5.75 Å². The Labute approximate surface area is 127 Å². The third-order valence-electron chi connectivity index (χ3n) is 3.46. The van der Waals surface area contributed by atoms with Crippen molar-refractivity contribution in [3.05, 3.63) is 76.9 Å². The lowest BCUT2D eigenvalue weighted by molar-refractivity contribution is -0.130. The minimum absolute atomic E-state index is 0.206. The molecule has 0 N–H and O–H groups in total. The van der Waals surface area contributed by atoms with E-state index in [9.17, 15) is 14.4 Å². The summed E-state index contributed by atoms with van der Waals surface area (Å²) in [4.78, 5) is 36.5. The topological polar surface area (TPSA) is 60.4 Å². The molecule has 1 aliphatic rings. The third-order valence-corrected chi connectivity index (χ3v) is 3.46. The van der Waals surface area contributed by atoms with Crippen LogP contribution in [0.15, 0.2) is 54.6 Å². The van der Waals surface area contributed by atoms with Gasteiger partial charge in [0.15, 0.2) is 11.6 Å². The highest BCUT2D eigenvalue weighted by molar-refractivity contribution is 6.28. The third kappa shape index (κ3) is 2.15. The number of benzene rings is 2. The van der Waals surface area contributed by atoms with Gasteiger partial charge in [0, 0.05) is 27.8 Å². The maximum atomic E-state index is 12.5. The van der Waals surface area contributed by atoms with Gasteiger partial charge in [-0.3, -0.25) is 9.59 Å². The fraction of sp³-hybridized carbons (Fsp3) is 0.0556. The van der Waals surface area contributed by atoms with Gasteiger partial charge in [0.25, 0.3) is 0 Å². The summed E-state index contributed by atoms with van der Waals surface area (Å²) in [6, 6.07) is 11.1. The van der Waals surface area contributed by atoms with E-state index in [0.717, 1.165) is 0 Å². The van der Waals surface area contributed by atoms with Gasteiger partial charge in [-0.25, -0.2) is 4.79 Å². The lowest BCUT2D eigenvalue weighted by atomic mass is 9.84. The molecule has 0 spiro atoms. The van der Waals surface area contributed by atoms with E-state index in [1.165, 1.54) is 25.1 Å². The molecule has 0 aliphatic heterocycles. The standard InChI is InChI=1S/C18H12O4/c1-10(2)18(21)22-11-7-8-14-15(9-11)17(20)13-6-4-3-5-12(13)16(14)19/h3-9H,1H2,2H3. The molecule has 0 saturated heterocycles. The maximum absolute atomic E-state index is 12.5. The predicted octanol–water partition coefficient (Wildman–Crippen LogP) is 2.94.